The lowest BCUT2D eigenvalue weighted by Crippen LogP contribution is -2.25. The van der Waals surface area contributed by atoms with Crippen LogP contribution in [0.25, 0.3) is 11.0 Å². The van der Waals surface area contributed by atoms with Crippen LogP contribution >= 0.6 is 11.3 Å². The number of imidazole rings is 1. The third kappa shape index (κ3) is 5.21. The van der Waals surface area contributed by atoms with Crippen LogP contribution in [-0.4, -0.2) is 34.7 Å². The lowest BCUT2D eigenvalue weighted by molar-refractivity contribution is -0.146. The molecule has 0 saturated heterocycles. The number of rotatable bonds is 8. The quantitative estimate of drug-likeness (QED) is 0.352. The monoisotopic (exact) mass is 511 g/mol. The zero-order valence-electron chi connectivity index (χ0n) is 17.9. The minimum absolute atomic E-state index is 0.0183. The number of aromatic nitrogens is 4. The number of nitrogens with zero attached hydrogens (tertiary/aromatic N) is 3. The van der Waals surface area contributed by atoms with Crippen molar-refractivity contribution in [2.45, 2.75) is 37.4 Å². The van der Waals surface area contributed by atoms with Gasteiger partial charge in [-0.05, 0) is 48.7 Å². The third-order valence-electron chi connectivity index (χ3n) is 5.20. The molecule has 2 aromatic heterocycles. The number of hydrogen-bond acceptors (Lipinski definition) is 6. The second kappa shape index (κ2) is 9.31. The number of sulfonamides is 1. The van der Waals surface area contributed by atoms with Crippen molar-refractivity contribution < 1.29 is 21.6 Å². The molecule has 0 amide bonds. The molecule has 0 fully saturated rings. The van der Waals surface area contributed by atoms with E-state index < -0.39 is 22.0 Å². The van der Waals surface area contributed by atoms with Gasteiger partial charge < -0.3 is 4.57 Å². The number of hydrogen-bond donors (Lipinski definition) is 2. The molecule has 0 spiro atoms. The highest BCUT2D eigenvalue weighted by Crippen LogP contribution is 2.32. The van der Waals surface area contributed by atoms with Crippen LogP contribution in [-0.2, 0) is 29.2 Å². The first-order chi connectivity index (χ1) is 16.0. The lowest BCUT2D eigenvalue weighted by atomic mass is 10.1. The molecule has 0 radical (unpaired) electrons. The topological polar surface area (TPSA) is 110 Å². The highest BCUT2D eigenvalue weighted by molar-refractivity contribution is 7.89. The van der Waals surface area contributed by atoms with E-state index in [1.165, 1.54) is 24.3 Å². The highest BCUT2D eigenvalue weighted by atomic mass is 32.2. The summed E-state index contributed by atoms with van der Waals surface area (Å²) in [5.74, 6) is -1.01. The summed E-state index contributed by atoms with van der Waals surface area (Å²) in [5.41, 5.74) is 1.66. The molecule has 13 heteroatoms. The first kappa shape index (κ1) is 24.1. The SMILES string of the molecule is Cc1cc(S(=O)(=O)NCCCc2n[nH]c(=O)s2)ccc1Cn1c(C(F)(F)F)nc2ccccc21. The van der Waals surface area contributed by atoms with E-state index in [-0.39, 0.29) is 28.4 Å². The van der Waals surface area contributed by atoms with Crippen LogP contribution in [0, 0.1) is 6.92 Å². The Morgan fingerprint density at radius 1 is 1.18 bits per heavy atom. The van der Waals surface area contributed by atoms with E-state index in [0.29, 0.717) is 34.5 Å². The fourth-order valence-corrected chi connectivity index (χ4v) is 5.33. The van der Waals surface area contributed by atoms with Crippen molar-refractivity contribution in [1.82, 2.24) is 24.5 Å². The molecule has 0 atom stereocenters. The Hall–Kier alpha value is -3.03. The van der Waals surface area contributed by atoms with Gasteiger partial charge in [0.1, 0.15) is 5.01 Å². The molecule has 0 unspecified atom stereocenters. The van der Waals surface area contributed by atoms with Gasteiger partial charge >= 0.3 is 11.0 Å². The standard InChI is InChI=1S/C21H20F3N5O3S2/c1-13-11-15(34(31,32)25-10-4-7-18-27-28-20(30)33-18)9-8-14(13)12-29-17-6-3-2-5-16(17)26-19(29)21(22,23)24/h2-3,5-6,8-9,11,25H,4,7,10,12H2,1H3,(H,28,30). The van der Waals surface area contributed by atoms with Crippen molar-refractivity contribution >= 4 is 32.4 Å². The van der Waals surface area contributed by atoms with E-state index >= 15 is 0 Å². The van der Waals surface area contributed by atoms with Gasteiger partial charge in [0.15, 0.2) is 0 Å². The smallest absolute Gasteiger partial charge is 0.316 e. The third-order valence-corrected chi connectivity index (χ3v) is 7.47. The molecule has 0 bridgehead atoms. The molecular formula is C21H20F3N5O3S2. The van der Waals surface area contributed by atoms with Crippen LogP contribution in [0.5, 0.6) is 0 Å². The number of H-pyrrole nitrogens is 1. The minimum atomic E-state index is -4.63. The Kier molecular flexibility index (Phi) is 6.60. The summed E-state index contributed by atoms with van der Waals surface area (Å²) in [6.07, 6.45) is -3.73. The molecule has 0 saturated carbocycles. The van der Waals surface area contributed by atoms with Crippen molar-refractivity contribution in [2.24, 2.45) is 0 Å². The fraction of sp³-hybridized carbons (Fsp3) is 0.286. The van der Waals surface area contributed by atoms with Crippen molar-refractivity contribution in [3.63, 3.8) is 0 Å². The summed E-state index contributed by atoms with van der Waals surface area (Å²) in [5, 5.41) is 6.73. The van der Waals surface area contributed by atoms with Crippen LogP contribution in [0.15, 0.2) is 52.2 Å². The molecule has 8 nitrogen and oxygen atoms in total. The molecule has 0 aliphatic heterocycles. The first-order valence-electron chi connectivity index (χ1n) is 10.2. The number of para-hydroxylation sites is 2. The van der Waals surface area contributed by atoms with Crippen molar-refractivity contribution in [3.05, 3.63) is 74.1 Å². The summed E-state index contributed by atoms with van der Waals surface area (Å²) in [4.78, 5) is 14.6. The Morgan fingerprint density at radius 3 is 2.62 bits per heavy atom. The van der Waals surface area contributed by atoms with Gasteiger partial charge in [0.05, 0.1) is 15.9 Å². The summed E-state index contributed by atoms with van der Waals surface area (Å²) in [7, 11) is -3.81. The number of aryl methyl sites for hydroxylation is 2. The second-order valence-electron chi connectivity index (χ2n) is 7.60. The number of halogens is 3. The zero-order valence-corrected chi connectivity index (χ0v) is 19.5. The summed E-state index contributed by atoms with van der Waals surface area (Å²) in [6.45, 7) is 1.69. The number of alkyl halides is 3. The molecule has 0 aliphatic rings. The number of benzene rings is 2. The summed E-state index contributed by atoms with van der Waals surface area (Å²) < 4.78 is 69.6. The first-order valence-corrected chi connectivity index (χ1v) is 12.5. The van der Waals surface area contributed by atoms with Crippen LogP contribution < -0.4 is 9.60 Å². The highest BCUT2D eigenvalue weighted by Gasteiger charge is 2.37. The number of aromatic amines is 1. The molecule has 180 valence electrons. The maximum atomic E-state index is 13.6. The van der Waals surface area contributed by atoms with Crippen molar-refractivity contribution in [3.8, 4) is 0 Å². The Bertz CT molecular complexity index is 1490. The lowest BCUT2D eigenvalue weighted by Gasteiger charge is -2.14. The molecule has 2 aromatic carbocycles. The van der Waals surface area contributed by atoms with Gasteiger partial charge in [-0.1, -0.05) is 29.5 Å². The van der Waals surface area contributed by atoms with Gasteiger partial charge in [-0.25, -0.2) is 23.2 Å². The largest absolute Gasteiger partial charge is 0.449 e. The van der Waals surface area contributed by atoms with Crippen LogP contribution in [0.2, 0.25) is 0 Å². The fourth-order valence-electron chi connectivity index (χ4n) is 3.53. The van der Waals surface area contributed by atoms with Crippen molar-refractivity contribution in [2.75, 3.05) is 6.54 Å². The van der Waals surface area contributed by atoms with Crippen LogP contribution in [0.4, 0.5) is 13.2 Å². The molecule has 4 rings (SSSR count). The van der Waals surface area contributed by atoms with E-state index in [0.717, 1.165) is 15.9 Å². The molecule has 0 aliphatic carbocycles. The van der Waals surface area contributed by atoms with Gasteiger partial charge in [-0.3, -0.25) is 4.79 Å². The molecule has 4 aromatic rings. The van der Waals surface area contributed by atoms with Gasteiger partial charge in [0.25, 0.3) is 0 Å². The van der Waals surface area contributed by atoms with Gasteiger partial charge in [-0.2, -0.15) is 18.3 Å². The Balaban J connectivity index is 1.51. The Labute approximate surface area is 196 Å². The summed E-state index contributed by atoms with van der Waals surface area (Å²) in [6, 6.07) is 10.7. The molecule has 2 N–H and O–H groups in total. The second-order valence-corrected chi connectivity index (χ2v) is 10.4. The Morgan fingerprint density at radius 2 is 1.94 bits per heavy atom. The van der Waals surface area contributed by atoms with Gasteiger partial charge in [0.2, 0.25) is 15.8 Å². The molecular weight excluding hydrogens is 491 g/mol. The van der Waals surface area contributed by atoms with Crippen molar-refractivity contribution in [1.29, 1.82) is 0 Å². The van der Waals surface area contributed by atoms with Crippen LogP contribution in [0.1, 0.15) is 28.4 Å². The average Bonchev–Trinajstić information content (AvgIpc) is 3.36. The maximum absolute atomic E-state index is 13.6. The van der Waals surface area contributed by atoms with Crippen LogP contribution in [0.3, 0.4) is 0 Å². The number of fused-ring (bicyclic) bond motifs is 1. The van der Waals surface area contributed by atoms with E-state index in [9.17, 15) is 26.4 Å². The van der Waals surface area contributed by atoms with Gasteiger partial charge in [0, 0.05) is 19.5 Å². The minimum Gasteiger partial charge on any atom is -0.316 e. The van der Waals surface area contributed by atoms with E-state index in [1.54, 1.807) is 25.1 Å². The summed E-state index contributed by atoms with van der Waals surface area (Å²) >= 11 is 0.974. The molecule has 2 heterocycles. The predicted molar refractivity (Wildman–Crippen MR) is 121 cm³/mol. The normalized spacial score (nSPS) is 12.5. The van der Waals surface area contributed by atoms with E-state index in [1.807, 2.05) is 0 Å². The number of nitrogens with one attached hydrogen (secondary N) is 2. The van der Waals surface area contributed by atoms with Gasteiger partial charge in [-0.15, -0.1) is 0 Å². The molecule has 34 heavy (non-hydrogen) atoms. The van der Waals surface area contributed by atoms with E-state index in [2.05, 4.69) is 19.9 Å². The maximum Gasteiger partial charge on any atom is 0.449 e. The van der Waals surface area contributed by atoms with E-state index in [4.69, 9.17) is 0 Å². The zero-order chi connectivity index (χ0) is 24.5. The average molecular weight is 512 g/mol. The predicted octanol–water partition coefficient (Wildman–Crippen LogP) is 3.47.